The molecule has 0 spiro atoms. The van der Waals surface area contributed by atoms with Crippen LogP contribution in [0.15, 0.2) is 48.7 Å². The largest absolute Gasteiger partial charge is 0.399 e. The molecule has 0 saturated heterocycles. The van der Waals surface area contributed by atoms with Crippen LogP contribution < -0.4 is 5.73 Å². The van der Waals surface area contributed by atoms with Gasteiger partial charge in [-0.1, -0.05) is 5.21 Å². The maximum atomic E-state index is 13.3. The highest BCUT2D eigenvalue weighted by atomic mass is 19.2. The molecule has 0 aliphatic carbocycles. The second-order valence-electron chi connectivity index (χ2n) is 4.25. The monoisotopic (exact) mass is 272 g/mol. The lowest BCUT2D eigenvalue weighted by Crippen LogP contribution is -2.00. The molecule has 20 heavy (non-hydrogen) atoms. The normalized spacial score (nSPS) is 10.7. The number of benzene rings is 2. The Morgan fingerprint density at radius 1 is 0.950 bits per heavy atom. The highest BCUT2D eigenvalue weighted by molar-refractivity contribution is 5.61. The van der Waals surface area contributed by atoms with Crippen LogP contribution in [0.3, 0.4) is 0 Å². The summed E-state index contributed by atoms with van der Waals surface area (Å²) >= 11 is 0. The van der Waals surface area contributed by atoms with Crippen LogP contribution in [0.1, 0.15) is 0 Å². The molecular weight excluding hydrogens is 262 g/mol. The molecule has 0 unspecified atom stereocenters. The quantitative estimate of drug-likeness (QED) is 0.730. The van der Waals surface area contributed by atoms with Gasteiger partial charge in [0, 0.05) is 11.3 Å². The molecule has 3 rings (SSSR count). The van der Waals surface area contributed by atoms with E-state index in [1.165, 1.54) is 16.9 Å². The SMILES string of the molecule is Nc1ccc(-n2nncc2-c2ccc(F)c(F)c2)cc1. The van der Waals surface area contributed by atoms with Crippen molar-refractivity contribution in [3.05, 3.63) is 60.3 Å². The smallest absolute Gasteiger partial charge is 0.159 e. The first-order chi connectivity index (χ1) is 9.65. The molecule has 0 saturated carbocycles. The minimum atomic E-state index is -0.910. The molecule has 2 aromatic carbocycles. The van der Waals surface area contributed by atoms with Crippen molar-refractivity contribution < 1.29 is 8.78 Å². The summed E-state index contributed by atoms with van der Waals surface area (Å²) in [5.74, 6) is -1.80. The molecule has 0 radical (unpaired) electrons. The van der Waals surface area contributed by atoms with Gasteiger partial charge in [-0.2, -0.15) is 0 Å². The van der Waals surface area contributed by atoms with Crippen molar-refractivity contribution in [1.29, 1.82) is 0 Å². The maximum Gasteiger partial charge on any atom is 0.159 e. The van der Waals surface area contributed by atoms with E-state index in [0.29, 0.717) is 16.9 Å². The molecule has 0 aliphatic rings. The fraction of sp³-hybridized carbons (Fsp3) is 0. The Morgan fingerprint density at radius 2 is 1.70 bits per heavy atom. The van der Waals surface area contributed by atoms with Crippen LogP contribution in [0.5, 0.6) is 0 Å². The zero-order valence-electron chi connectivity index (χ0n) is 10.3. The van der Waals surface area contributed by atoms with Gasteiger partial charge in [0.15, 0.2) is 11.6 Å². The van der Waals surface area contributed by atoms with Crippen LogP contribution >= 0.6 is 0 Å². The van der Waals surface area contributed by atoms with E-state index < -0.39 is 11.6 Å². The van der Waals surface area contributed by atoms with E-state index in [0.717, 1.165) is 17.8 Å². The minimum absolute atomic E-state index is 0.491. The summed E-state index contributed by atoms with van der Waals surface area (Å²) < 4.78 is 27.8. The number of hydrogen-bond donors (Lipinski definition) is 1. The first-order valence-corrected chi connectivity index (χ1v) is 5.87. The average molecular weight is 272 g/mol. The van der Waals surface area contributed by atoms with Crippen molar-refractivity contribution in [2.45, 2.75) is 0 Å². The maximum absolute atomic E-state index is 13.3. The van der Waals surface area contributed by atoms with Crippen molar-refractivity contribution in [1.82, 2.24) is 15.0 Å². The van der Waals surface area contributed by atoms with Crippen LogP contribution in [-0.4, -0.2) is 15.0 Å². The summed E-state index contributed by atoms with van der Waals surface area (Å²) in [6.45, 7) is 0. The van der Waals surface area contributed by atoms with Gasteiger partial charge in [0.2, 0.25) is 0 Å². The van der Waals surface area contributed by atoms with Gasteiger partial charge in [-0.25, -0.2) is 13.5 Å². The topological polar surface area (TPSA) is 56.7 Å². The Balaban J connectivity index is 2.10. The Hall–Kier alpha value is -2.76. The highest BCUT2D eigenvalue weighted by Gasteiger charge is 2.11. The standard InChI is InChI=1S/C14H10F2N4/c15-12-6-1-9(7-13(12)16)14-8-18-19-20(14)11-4-2-10(17)3-5-11/h1-8H,17H2. The molecule has 0 bridgehead atoms. The van der Waals surface area contributed by atoms with E-state index in [9.17, 15) is 8.78 Å². The molecule has 4 nitrogen and oxygen atoms in total. The molecule has 1 aromatic heterocycles. The van der Waals surface area contributed by atoms with E-state index in [2.05, 4.69) is 10.3 Å². The van der Waals surface area contributed by atoms with E-state index in [4.69, 9.17) is 5.73 Å². The van der Waals surface area contributed by atoms with Gasteiger partial charge < -0.3 is 5.73 Å². The predicted molar refractivity (Wildman–Crippen MR) is 71.1 cm³/mol. The van der Waals surface area contributed by atoms with Crippen LogP contribution in [0.25, 0.3) is 16.9 Å². The Labute approximate surface area is 113 Å². The Kier molecular flexibility index (Phi) is 2.90. The molecule has 3 aromatic rings. The molecule has 6 heteroatoms. The number of aromatic nitrogens is 3. The molecule has 2 N–H and O–H groups in total. The van der Waals surface area contributed by atoms with Crippen LogP contribution in [0.4, 0.5) is 14.5 Å². The predicted octanol–water partition coefficient (Wildman–Crippen LogP) is 2.79. The summed E-state index contributed by atoms with van der Waals surface area (Å²) in [5.41, 5.74) is 8.04. The van der Waals surface area contributed by atoms with Crippen molar-refractivity contribution in [2.24, 2.45) is 0 Å². The van der Waals surface area contributed by atoms with E-state index in [-0.39, 0.29) is 0 Å². The van der Waals surface area contributed by atoms with Gasteiger partial charge in [-0.3, -0.25) is 0 Å². The zero-order chi connectivity index (χ0) is 14.1. The summed E-state index contributed by atoms with van der Waals surface area (Å²) in [5, 5.41) is 7.77. The fourth-order valence-corrected chi connectivity index (χ4v) is 1.89. The number of nitrogens with zero attached hydrogens (tertiary/aromatic N) is 3. The van der Waals surface area contributed by atoms with Crippen LogP contribution in [0, 0.1) is 11.6 Å². The molecule has 0 atom stereocenters. The number of nitrogen functional groups attached to an aromatic ring is 1. The first kappa shape index (κ1) is 12.3. The van der Waals surface area contributed by atoms with Crippen molar-refractivity contribution in [3.8, 4) is 16.9 Å². The summed E-state index contributed by atoms with van der Waals surface area (Å²) in [6.07, 6.45) is 1.49. The van der Waals surface area contributed by atoms with Crippen molar-refractivity contribution in [2.75, 3.05) is 5.73 Å². The third kappa shape index (κ3) is 2.11. The average Bonchev–Trinajstić information content (AvgIpc) is 2.92. The van der Waals surface area contributed by atoms with E-state index in [1.807, 2.05) is 0 Å². The van der Waals surface area contributed by atoms with Gasteiger partial charge >= 0.3 is 0 Å². The van der Waals surface area contributed by atoms with Gasteiger partial charge in [0.25, 0.3) is 0 Å². The lowest BCUT2D eigenvalue weighted by Gasteiger charge is -2.07. The van der Waals surface area contributed by atoms with Crippen LogP contribution in [0.2, 0.25) is 0 Å². The van der Waals surface area contributed by atoms with Gasteiger partial charge in [-0.15, -0.1) is 5.10 Å². The number of halogens is 2. The molecule has 1 heterocycles. The van der Waals surface area contributed by atoms with Crippen LogP contribution in [-0.2, 0) is 0 Å². The third-order valence-corrected chi connectivity index (χ3v) is 2.90. The summed E-state index contributed by atoms with van der Waals surface area (Å²) in [7, 11) is 0. The number of rotatable bonds is 2. The number of anilines is 1. The van der Waals surface area contributed by atoms with Gasteiger partial charge in [0.05, 0.1) is 17.6 Å². The van der Waals surface area contributed by atoms with Crippen molar-refractivity contribution in [3.63, 3.8) is 0 Å². The zero-order valence-corrected chi connectivity index (χ0v) is 10.3. The summed E-state index contributed by atoms with van der Waals surface area (Å²) in [4.78, 5) is 0. The molecule has 0 amide bonds. The van der Waals surface area contributed by atoms with E-state index in [1.54, 1.807) is 24.3 Å². The lowest BCUT2D eigenvalue weighted by molar-refractivity contribution is 0.509. The highest BCUT2D eigenvalue weighted by Crippen LogP contribution is 2.23. The first-order valence-electron chi connectivity index (χ1n) is 5.87. The molecule has 100 valence electrons. The minimum Gasteiger partial charge on any atom is -0.399 e. The molecule has 0 fully saturated rings. The summed E-state index contributed by atoms with van der Waals surface area (Å²) in [6, 6.07) is 10.7. The Bertz CT molecular complexity index is 750. The second kappa shape index (κ2) is 4.73. The fourth-order valence-electron chi connectivity index (χ4n) is 1.89. The number of hydrogen-bond acceptors (Lipinski definition) is 3. The molecule has 0 aliphatic heterocycles. The van der Waals surface area contributed by atoms with Gasteiger partial charge in [0.1, 0.15) is 0 Å². The van der Waals surface area contributed by atoms with Gasteiger partial charge in [-0.05, 0) is 42.5 Å². The second-order valence-corrected chi connectivity index (χ2v) is 4.25. The number of nitrogens with two attached hydrogens (primary N) is 1. The lowest BCUT2D eigenvalue weighted by atomic mass is 10.1. The Morgan fingerprint density at radius 3 is 2.40 bits per heavy atom. The van der Waals surface area contributed by atoms with Crippen molar-refractivity contribution >= 4 is 5.69 Å². The third-order valence-electron chi connectivity index (χ3n) is 2.90. The molecular formula is C14H10F2N4. The van der Waals surface area contributed by atoms with E-state index >= 15 is 0 Å².